The topological polar surface area (TPSA) is 21.3 Å². The van der Waals surface area contributed by atoms with E-state index in [0.29, 0.717) is 0 Å². The monoisotopic (exact) mass is 287 g/mol. The summed E-state index contributed by atoms with van der Waals surface area (Å²) in [5.74, 6) is 0. The van der Waals surface area contributed by atoms with Crippen LogP contribution in [0.1, 0.15) is 69.1 Å². The number of rotatable bonds is 3. The Bertz CT molecular complexity index is 431. The van der Waals surface area contributed by atoms with E-state index in [2.05, 4.69) is 36.5 Å². The molecule has 1 aliphatic heterocycles. The summed E-state index contributed by atoms with van der Waals surface area (Å²) in [7, 11) is 0. The zero-order valence-corrected chi connectivity index (χ0v) is 13.4. The van der Waals surface area contributed by atoms with Crippen LogP contribution >= 0.6 is 0 Å². The predicted octanol–water partition coefficient (Wildman–Crippen LogP) is 4.39. The molecule has 1 atom stereocenters. The maximum Gasteiger partial charge on any atom is 0.0957 e. The molecule has 0 aromatic heterocycles. The molecule has 1 aromatic rings. The van der Waals surface area contributed by atoms with Crippen LogP contribution in [-0.2, 0) is 11.2 Å². The molecule has 0 amide bonds. The number of benzene rings is 1. The van der Waals surface area contributed by atoms with Crippen molar-refractivity contribution in [2.75, 3.05) is 13.1 Å². The van der Waals surface area contributed by atoms with Gasteiger partial charge in [0.2, 0.25) is 0 Å². The van der Waals surface area contributed by atoms with E-state index in [-0.39, 0.29) is 11.7 Å². The van der Waals surface area contributed by atoms with Crippen LogP contribution in [0, 0.1) is 0 Å². The lowest BCUT2D eigenvalue weighted by molar-refractivity contribution is -0.126. The molecular weight excluding hydrogens is 258 g/mol. The summed E-state index contributed by atoms with van der Waals surface area (Å²) in [6.45, 7) is 4.23. The van der Waals surface area contributed by atoms with Gasteiger partial charge in [-0.2, -0.15) is 0 Å². The summed E-state index contributed by atoms with van der Waals surface area (Å²) >= 11 is 0. The summed E-state index contributed by atoms with van der Waals surface area (Å²) < 4.78 is 6.62. The molecule has 3 rings (SSSR count). The van der Waals surface area contributed by atoms with E-state index in [0.717, 1.165) is 13.1 Å². The summed E-state index contributed by atoms with van der Waals surface area (Å²) in [5, 5.41) is 3.64. The van der Waals surface area contributed by atoms with E-state index >= 15 is 0 Å². The third-order valence-electron chi connectivity index (χ3n) is 5.07. The average Bonchev–Trinajstić information content (AvgIpc) is 2.74. The maximum atomic E-state index is 6.62. The fraction of sp³-hybridized carbons (Fsp3) is 0.684. The standard InChI is InChI=1S/C19H29NO/c1-2-7-16-8-10-17(11-9-16)18-14-20-15-19(21-18)12-5-3-4-6-13-19/h8-11,18,20H,2-7,12-15H2,1H3. The number of aryl methyl sites for hydroxylation is 1. The van der Waals surface area contributed by atoms with Crippen LogP contribution < -0.4 is 5.32 Å². The highest BCUT2D eigenvalue weighted by Gasteiger charge is 2.37. The van der Waals surface area contributed by atoms with Crippen LogP contribution in [0.4, 0.5) is 0 Å². The van der Waals surface area contributed by atoms with Gasteiger partial charge in [-0.05, 0) is 30.4 Å². The highest BCUT2D eigenvalue weighted by atomic mass is 16.5. The molecule has 1 saturated carbocycles. The van der Waals surface area contributed by atoms with Gasteiger partial charge in [0.15, 0.2) is 0 Å². The van der Waals surface area contributed by atoms with Gasteiger partial charge in [-0.15, -0.1) is 0 Å². The van der Waals surface area contributed by atoms with Crippen molar-refractivity contribution in [1.82, 2.24) is 5.32 Å². The van der Waals surface area contributed by atoms with E-state index in [9.17, 15) is 0 Å². The Morgan fingerprint density at radius 2 is 1.81 bits per heavy atom. The first-order valence-electron chi connectivity index (χ1n) is 8.79. The molecule has 1 N–H and O–H groups in total. The van der Waals surface area contributed by atoms with Crippen LogP contribution in [0.3, 0.4) is 0 Å². The molecule has 0 radical (unpaired) electrons. The van der Waals surface area contributed by atoms with Crippen molar-refractivity contribution in [2.45, 2.75) is 70.0 Å². The van der Waals surface area contributed by atoms with Crippen molar-refractivity contribution in [1.29, 1.82) is 0 Å². The molecule has 1 heterocycles. The highest BCUT2D eigenvalue weighted by molar-refractivity contribution is 5.25. The number of ether oxygens (including phenoxy) is 1. The van der Waals surface area contributed by atoms with Gasteiger partial charge in [0.25, 0.3) is 0 Å². The van der Waals surface area contributed by atoms with Crippen LogP contribution in [0.25, 0.3) is 0 Å². The molecule has 2 fully saturated rings. The molecule has 0 bridgehead atoms. The van der Waals surface area contributed by atoms with Gasteiger partial charge >= 0.3 is 0 Å². The predicted molar refractivity (Wildman–Crippen MR) is 87.6 cm³/mol. The molecule has 1 aliphatic carbocycles. The quantitative estimate of drug-likeness (QED) is 0.890. The van der Waals surface area contributed by atoms with Crippen molar-refractivity contribution >= 4 is 0 Å². The Labute approximate surface area is 129 Å². The Hall–Kier alpha value is -0.860. The van der Waals surface area contributed by atoms with Gasteiger partial charge in [-0.1, -0.05) is 63.3 Å². The molecule has 21 heavy (non-hydrogen) atoms. The lowest BCUT2D eigenvalue weighted by atomic mass is 9.91. The zero-order valence-electron chi connectivity index (χ0n) is 13.4. The second kappa shape index (κ2) is 6.93. The molecule has 2 nitrogen and oxygen atoms in total. The third-order valence-corrected chi connectivity index (χ3v) is 5.07. The number of hydrogen-bond acceptors (Lipinski definition) is 2. The minimum Gasteiger partial charge on any atom is -0.364 e. The van der Waals surface area contributed by atoms with Crippen LogP contribution in [0.15, 0.2) is 24.3 Å². The molecule has 1 spiro atoms. The molecule has 2 aliphatic rings. The Balaban J connectivity index is 1.70. The van der Waals surface area contributed by atoms with Gasteiger partial charge in [0.05, 0.1) is 11.7 Å². The van der Waals surface area contributed by atoms with E-state index < -0.39 is 0 Å². The number of nitrogens with one attached hydrogen (secondary N) is 1. The summed E-state index contributed by atoms with van der Waals surface area (Å²) in [4.78, 5) is 0. The minimum absolute atomic E-state index is 0.0987. The van der Waals surface area contributed by atoms with E-state index in [4.69, 9.17) is 4.74 Å². The number of hydrogen-bond donors (Lipinski definition) is 1. The summed E-state index contributed by atoms with van der Waals surface area (Å²) in [6, 6.07) is 9.09. The van der Waals surface area contributed by atoms with Crippen molar-refractivity contribution in [3.8, 4) is 0 Å². The molecule has 1 unspecified atom stereocenters. The molecule has 116 valence electrons. The second-order valence-corrected chi connectivity index (χ2v) is 6.83. The minimum atomic E-state index is 0.0987. The maximum absolute atomic E-state index is 6.62. The lowest BCUT2D eigenvalue weighted by Crippen LogP contribution is -2.50. The fourth-order valence-electron chi connectivity index (χ4n) is 3.86. The molecular formula is C19H29NO. The third kappa shape index (κ3) is 3.67. The van der Waals surface area contributed by atoms with Crippen molar-refractivity contribution in [2.24, 2.45) is 0 Å². The van der Waals surface area contributed by atoms with Gasteiger partial charge in [0, 0.05) is 13.1 Å². The lowest BCUT2D eigenvalue weighted by Gasteiger charge is -2.41. The highest BCUT2D eigenvalue weighted by Crippen LogP contribution is 2.37. The molecule has 2 heteroatoms. The van der Waals surface area contributed by atoms with Crippen LogP contribution in [-0.4, -0.2) is 18.7 Å². The Morgan fingerprint density at radius 1 is 1.10 bits per heavy atom. The van der Waals surface area contributed by atoms with Crippen molar-refractivity contribution < 1.29 is 4.74 Å². The zero-order chi connectivity index (χ0) is 14.5. The Morgan fingerprint density at radius 3 is 2.48 bits per heavy atom. The molecule has 1 aromatic carbocycles. The van der Waals surface area contributed by atoms with Crippen molar-refractivity contribution in [3.05, 3.63) is 35.4 Å². The first kappa shape index (κ1) is 15.1. The van der Waals surface area contributed by atoms with Gasteiger partial charge in [0.1, 0.15) is 0 Å². The molecule has 1 saturated heterocycles. The van der Waals surface area contributed by atoms with Gasteiger partial charge in [-0.3, -0.25) is 0 Å². The Kier molecular flexibility index (Phi) is 4.97. The average molecular weight is 287 g/mol. The largest absolute Gasteiger partial charge is 0.364 e. The summed E-state index contributed by atoms with van der Waals surface area (Å²) in [6.07, 6.45) is 10.5. The smallest absolute Gasteiger partial charge is 0.0957 e. The number of morpholine rings is 1. The van der Waals surface area contributed by atoms with Crippen LogP contribution in [0.5, 0.6) is 0 Å². The first-order valence-corrected chi connectivity index (χ1v) is 8.79. The summed E-state index contributed by atoms with van der Waals surface area (Å²) in [5.41, 5.74) is 2.88. The fourth-order valence-corrected chi connectivity index (χ4v) is 3.86. The normalized spacial score (nSPS) is 25.7. The van der Waals surface area contributed by atoms with E-state index in [1.807, 2.05) is 0 Å². The van der Waals surface area contributed by atoms with Gasteiger partial charge in [-0.25, -0.2) is 0 Å². The van der Waals surface area contributed by atoms with Gasteiger partial charge < -0.3 is 10.1 Å². The van der Waals surface area contributed by atoms with Crippen LogP contribution in [0.2, 0.25) is 0 Å². The first-order chi connectivity index (χ1) is 10.3. The second-order valence-electron chi connectivity index (χ2n) is 6.83. The van der Waals surface area contributed by atoms with E-state index in [1.165, 1.54) is 62.5 Å². The van der Waals surface area contributed by atoms with Crippen molar-refractivity contribution in [3.63, 3.8) is 0 Å². The van der Waals surface area contributed by atoms with E-state index in [1.54, 1.807) is 0 Å². The SMILES string of the molecule is CCCc1ccc(C2CNCC3(CCCCCC3)O2)cc1.